The molecule has 0 radical (unpaired) electrons. The van der Waals surface area contributed by atoms with Gasteiger partial charge in [0.2, 0.25) is 0 Å². The molecule has 1 aliphatic carbocycles. The van der Waals surface area contributed by atoms with Crippen molar-refractivity contribution >= 4 is 21.4 Å². The van der Waals surface area contributed by atoms with Crippen LogP contribution in [0.25, 0.3) is 0 Å². The summed E-state index contributed by atoms with van der Waals surface area (Å²) in [5.41, 5.74) is 6.53. The maximum Gasteiger partial charge on any atom is 0.182 e. The van der Waals surface area contributed by atoms with Gasteiger partial charge in [-0.05, 0) is 54.4 Å². The second kappa shape index (κ2) is 5.65. The van der Waals surface area contributed by atoms with Crippen LogP contribution in [0, 0.1) is 11.7 Å². The summed E-state index contributed by atoms with van der Waals surface area (Å²) >= 11 is 5.80. The van der Waals surface area contributed by atoms with Crippen molar-refractivity contribution < 1.29 is 12.8 Å². The second-order valence-electron chi connectivity index (χ2n) is 5.44. The first kappa shape index (κ1) is 15.5. The summed E-state index contributed by atoms with van der Waals surface area (Å²) in [4.78, 5) is 0.241. The van der Waals surface area contributed by atoms with Crippen molar-refractivity contribution in [1.82, 2.24) is 0 Å². The van der Waals surface area contributed by atoms with Crippen LogP contribution >= 0.6 is 11.6 Å². The number of halogens is 2. The molecule has 0 aromatic heterocycles. The Balaban J connectivity index is 1.93. The van der Waals surface area contributed by atoms with Crippen molar-refractivity contribution in [2.24, 2.45) is 11.7 Å². The van der Waals surface area contributed by atoms with Crippen LogP contribution in [0.4, 0.5) is 4.39 Å². The van der Waals surface area contributed by atoms with Gasteiger partial charge in [0.15, 0.2) is 9.84 Å². The lowest BCUT2D eigenvalue weighted by Crippen LogP contribution is -2.13. The molecule has 0 unspecified atom stereocenters. The van der Waals surface area contributed by atoms with E-state index in [-0.39, 0.29) is 29.1 Å². The van der Waals surface area contributed by atoms with Crippen LogP contribution in [0.1, 0.15) is 11.5 Å². The van der Waals surface area contributed by atoms with E-state index in [1.54, 1.807) is 24.3 Å². The highest BCUT2D eigenvalue weighted by Crippen LogP contribution is 2.53. The highest BCUT2D eigenvalue weighted by atomic mass is 35.5. The maximum absolute atomic E-state index is 13.0. The van der Waals surface area contributed by atoms with Crippen LogP contribution < -0.4 is 5.73 Å². The summed E-state index contributed by atoms with van der Waals surface area (Å²) in [5.74, 6) is -0.678. The van der Waals surface area contributed by atoms with Crippen LogP contribution in [0.3, 0.4) is 0 Å². The molecule has 1 fully saturated rings. The third-order valence-electron chi connectivity index (χ3n) is 4.12. The summed E-state index contributed by atoms with van der Waals surface area (Å²) in [6.07, 6.45) is 0. The van der Waals surface area contributed by atoms with Gasteiger partial charge in [0.1, 0.15) is 5.82 Å². The van der Waals surface area contributed by atoms with E-state index < -0.39 is 15.1 Å². The molecule has 3 rings (SSSR count). The van der Waals surface area contributed by atoms with Crippen molar-refractivity contribution in [2.45, 2.75) is 16.1 Å². The Morgan fingerprint density at radius 2 is 1.64 bits per heavy atom. The zero-order valence-corrected chi connectivity index (χ0v) is 13.2. The fraction of sp³-hybridized carbons (Fsp3) is 0.250. The largest absolute Gasteiger partial charge is 0.330 e. The van der Waals surface area contributed by atoms with Gasteiger partial charge in [-0.15, -0.1) is 0 Å². The summed E-state index contributed by atoms with van der Waals surface area (Å²) in [5, 5.41) is -0.0793. The molecule has 0 aliphatic heterocycles. The predicted molar refractivity (Wildman–Crippen MR) is 84.1 cm³/mol. The molecular weight excluding hydrogens is 325 g/mol. The Morgan fingerprint density at radius 3 is 2.18 bits per heavy atom. The van der Waals surface area contributed by atoms with Gasteiger partial charge in [0.05, 0.1) is 10.1 Å². The van der Waals surface area contributed by atoms with Gasteiger partial charge >= 0.3 is 0 Å². The van der Waals surface area contributed by atoms with E-state index >= 15 is 0 Å². The number of benzene rings is 2. The zero-order valence-electron chi connectivity index (χ0n) is 11.6. The van der Waals surface area contributed by atoms with Crippen LogP contribution in [0.15, 0.2) is 53.4 Å². The van der Waals surface area contributed by atoms with Gasteiger partial charge in [-0.2, -0.15) is 0 Å². The molecule has 2 N–H and O–H groups in total. The van der Waals surface area contributed by atoms with E-state index in [9.17, 15) is 12.8 Å². The third-order valence-corrected chi connectivity index (χ3v) is 6.66. The number of hydrogen-bond acceptors (Lipinski definition) is 3. The first-order chi connectivity index (χ1) is 10.4. The third kappa shape index (κ3) is 2.64. The molecular formula is C16H15ClFNO2S. The Kier molecular flexibility index (Phi) is 3.97. The van der Waals surface area contributed by atoms with E-state index in [1.807, 2.05) is 0 Å². The molecule has 2 aromatic carbocycles. The molecule has 1 aliphatic rings. The molecule has 1 saturated carbocycles. The van der Waals surface area contributed by atoms with Crippen LogP contribution in [-0.2, 0) is 9.84 Å². The van der Waals surface area contributed by atoms with Crippen molar-refractivity contribution in [3.05, 3.63) is 64.9 Å². The highest BCUT2D eigenvalue weighted by molar-refractivity contribution is 7.92. The van der Waals surface area contributed by atoms with Gasteiger partial charge in [0, 0.05) is 10.9 Å². The van der Waals surface area contributed by atoms with E-state index in [2.05, 4.69) is 0 Å². The summed E-state index contributed by atoms with van der Waals surface area (Å²) < 4.78 is 38.5. The van der Waals surface area contributed by atoms with Crippen molar-refractivity contribution in [1.29, 1.82) is 0 Å². The first-order valence-corrected chi connectivity index (χ1v) is 8.82. The average molecular weight is 340 g/mol. The zero-order chi connectivity index (χ0) is 15.9. The van der Waals surface area contributed by atoms with Gasteiger partial charge in [-0.25, -0.2) is 12.8 Å². The molecule has 22 heavy (non-hydrogen) atoms. The van der Waals surface area contributed by atoms with E-state index in [0.717, 1.165) is 5.56 Å². The fourth-order valence-electron chi connectivity index (χ4n) is 2.95. The average Bonchev–Trinajstić information content (AvgIpc) is 3.24. The van der Waals surface area contributed by atoms with Gasteiger partial charge in [0.25, 0.3) is 0 Å². The van der Waals surface area contributed by atoms with E-state index in [0.29, 0.717) is 5.02 Å². The monoisotopic (exact) mass is 339 g/mol. The van der Waals surface area contributed by atoms with E-state index in [4.69, 9.17) is 17.3 Å². The normalized spacial score (nSPS) is 24.2. The second-order valence-corrected chi connectivity index (χ2v) is 7.98. The predicted octanol–water partition coefficient (Wildman–Crippen LogP) is 2.99. The molecule has 0 saturated heterocycles. The highest BCUT2D eigenvalue weighted by Gasteiger charge is 2.57. The fourth-order valence-corrected chi connectivity index (χ4v) is 5.30. The minimum atomic E-state index is -3.48. The van der Waals surface area contributed by atoms with E-state index in [1.165, 1.54) is 24.3 Å². The van der Waals surface area contributed by atoms with Crippen molar-refractivity contribution in [2.75, 3.05) is 6.54 Å². The molecule has 3 nitrogen and oxygen atoms in total. The van der Waals surface area contributed by atoms with Crippen LogP contribution in [0.2, 0.25) is 5.02 Å². The summed E-state index contributed by atoms with van der Waals surface area (Å²) in [7, 11) is -3.48. The Hall–Kier alpha value is -1.43. The quantitative estimate of drug-likeness (QED) is 0.931. The molecule has 6 heteroatoms. The van der Waals surface area contributed by atoms with Crippen molar-refractivity contribution in [3.63, 3.8) is 0 Å². The molecule has 0 spiro atoms. The molecule has 0 amide bonds. The summed E-state index contributed by atoms with van der Waals surface area (Å²) in [6, 6.07) is 12.1. The van der Waals surface area contributed by atoms with Crippen LogP contribution in [-0.4, -0.2) is 20.2 Å². The number of rotatable bonds is 4. The first-order valence-electron chi connectivity index (χ1n) is 6.90. The topological polar surface area (TPSA) is 60.2 Å². The smallest absolute Gasteiger partial charge is 0.182 e. The molecule has 116 valence electrons. The molecule has 0 heterocycles. The van der Waals surface area contributed by atoms with Gasteiger partial charge in [-0.1, -0.05) is 23.7 Å². The van der Waals surface area contributed by atoms with Gasteiger partial charge < -0.3 is 5.73 Å². The SMILES string of the molecule is NC[C@@H]1[C@H](c2ccc(F)cc2)[C@@H]1S(=O)(=O)c1ccc(Cl)cc1. The number of hydrogen-bond donors (Lipinski definition) is 1. The lowest BCUT2D eigenvalue weighted by molar-refractivity contribution is 0.591. The Morgan fingerprint density at radius 1 is 1.05 bits per heavy atom. The van der Waals surface area contributed by atoms with Gasteiger partial charge in [-0.3, -0.25) is 0 Å². The minimum Gasteiger partial charge on any atom is -0.330 e. The Bertz CT molecular complexity index is 775. The summed E-state index contributed by atoms with van der Waals surface area (Å²) in [6.45, 7) is 0.277. The lowest BCUT2D eigenvalue weighted by Gasteiger charge is -2.04. The molecule has 3 atom stereocenters. The molecule has 0 bridgehead atoms. The maximum atomic E-state index is 13.0. The minimum absolute atomic E-state index is 0.147. The lowest BCUT2D eigenvalue weighted by atomic mass is 10.1. The van der Waals surface area contributed by atoms with Crippen LogP contribution in [0.5, 0.6) is 0 Å². The van der Waals surface area contributed by atoms with Crippen molar-refractivity contribution in [3.8, 4) is 0 Å². The standard InChI is InChI=1S/C16H15ClFNO2S/c17-11-3-7-13(8-4-11)22(20,21)16-14(9-19)15(16)10-1-5-12(18)6-2-10/h1-8,14-16H,9,19H2/t14-,15+,16-/m1/s1. The number of nitrogens with two attached hydrogens (primary N) is 1. The number of sulfone groups is 1. The Labute approximate surface area is 133 Å². The molecule has 2 aromatic rings.